The minimum absolute atomic E-state index is 0.601. The molecular formula is C13H22N2O. The molecule has 0 bridgehead atoms. The predicted octanol–water partition coefficient (Wildman–Crippen LogP) is 2.76. The van der Waals surface area contributed by atoms with Crippen LogP contribution in [0.15, 0.2) is 18.3 Å². The lowest BCUT2D eigenvalue weighted by atomic mass is 10.1. The van der Waals surface area contributed by atoms with Crippen LogP contribution in [0.2, 0.25) is 0 Å². The molecule has 0 aromatic carbocycles. The van der Waals surface area contributed by atoms with Gasteiger partial charge >= 0.3 is 0 Å². The molecule has 1 aromatic rings. The van der Waals surface area contributed by atoms with Crippen molar-refractivity contribution in [3.8, 4) is 5.88 Å². The second kappa shape index (κ2) is 7.23. The fraction of sp³-hybridized carbons (Fsp3) is 0.615. The van der Waals surface area contributed by atoms with E-state index in [0.717, 1.165) is 6.54 Å². The van der Waals surface area contributed by atoms with Crippen molar-refractivity contribution in [3.63, 3.8) is 0 Å². The lowest BCUT2D eigenvalue weighted by Gasteiger charge is -2.14. The number of nitrogens with zero attached hydrogens (tertiary/aromatic N) is 1. The first-order chi connectivity index (χ1) is 7.80. The number of ether oxygens (including phenoxy) is 1. The second-order valence-electron chi connectivity index (χ2n) is 3.83. The van der Waals surface area contributed by atoms with Crippen LogP contribution in [-0.2, 0) is 6.54 Å². The van der Waals surface area contributed by atoms with Gasteiger partial charge in [0.05, 0.1) is 6.61 Å². The quantitative estimate of drug-likeness (QED) is 0.770. The van der Waals surface area contributed by atoms with Gasteiger partial charge in [0.25, 0.3) is 0 Å². The van der Waals surface area contributed by atoms with Gasteiger partial charge in [-0.1, -0.05) is 13.8 Å². The van der Waals surface area contributed by atoms with Crippen LogP contribution >= 0.6 is 0 Å². The average molecular weight is 222 g/mol. The highest BCUT2D eigenvalue weighted by Crippen LogP contribution is 2.09. The van der Waals surface area contributed by atoms with Crippen LogP contribution in [0.3, 0.4) is 0 Å². The summed E-state index contributed by atoms with van der Waals surface area (Å²) in [5.74, 6) is 0.714. The fourth-order valence-electron chi connectivity index (χ4n) is 1.63. The van der Waals surface area contributed by atoms with Crippen molar-refractivity contribution in [1.29, 1.82) is 0 Å². The van der Waals surface area contributed by atoms with Gasteiger partial charge in [0, 0.05) is 24.8 Å². The minimum atomic E-state index is 0.601. The van der Waals surface area contributed by atoms with Gasteiger partial charge in [-0.15, -0.1) is 0 Å². The van der Waals surface area contributed by atoms with Gasteiger partial charge in [-0.3, -0.25) is 0 Å². The Morgan fingerprint density at radius 3 is 2.69 bits per heavy atom. The van der Waals surface area contributed by atoms with Gasteiger partial charge in [-0.25, -0.2) is 4.98 Å². The number of aromatic nitrogens is 1. The predicted molar refractivity (Wildman–Crippen MR) is 66.6 cm³/mol. The number of nitrogens with one attached hydrogen (secondary N) is 1. The van der Waals surface area contributed by atoms with Crippen molar-refractivity contribution in [2.75, 3.05) is 6.61 Å². The maximum atomic E-state index is 5.37. The Bertz CT molecular complexity index is 298. The first kappa shape index (κ1) is 13.0. The molecule has 0 fully saturated rings. The van der Waals surface area contributed by atoms with E-state index in [4.69, 9.17) is 4.74 Å². The van der Waals surface area contributed by atoms with E-state index in [0.29, 0.717) is 18.5 Å². The molecule has 3 heteroatoms. The molecule has 0 unspecified atom stereocenters. The van der Waals surface area contributed by atoms with E-state index in [1.165, 1.54) is 18.4 Å². The van der Waals surface area contributed by atoms with E-state index < -0.39 is 0 Å². The molecule has 1 N–H and O–H groups in total. The molecule has 0 aliphatic rings. The van der Waals surface area contributed by atoms with Crippen LogP contribution in [0, 0.1) is 0 Å². The molecule has 0 spiro atoms. The first-order valence-corrected chi connectivity index (χ1v) is 6.11. The maximum absolute atomic E-state index is 5.37. The van der Waals surface area contributed by atoms with Crippen molar-refractivity contribution in [2.24, 2.45) is 0 Å². The standard InChI is InChI=1S/C13H22N2O/c1-4-12(5-2)15-10-11-7-8-14-13(9-11)16-6-3/h7-9,12,15H,4-6,10H2,1-3H3. The zero-order valence-electron chi connectivity index (χ0n) is 10.5. The van der Waals surface area contributed by atoms with Crippen molar-refractivity contribution in [2.45, 2.75) is 46.2 Å². The number of hydrogen-bond acceptors (Lipinski definition) is 3. The summed E-state index contributed by atoms with van der Waals surface area (Å²) < 4.78 is 5.37. The SMILES string of the molecule is CCOc1cc(CNC(CC)CC)ccn1. The Morgan fingerprint density at radius 2 is 2.06 bits per heavy atom. The molecule has 0 atom stereocenters. The fourth-order valence-corrected chi connectivity index (χ4v) is 1.63. The summed E-state index contributed by atoms with van der Waals surface area (Å²) in [5.41, 5.74) is 1.23. The lowest BCUT2D eigenvalue weighted by molar-refractivity contribution is 0.326. The number of pyridine rings is 1. The molecule has 0 amide bonds. The average Bonchev–Trinajstić information content (AvgIpc) is 2.31. The smallest absolute Gasteiger partial charge is 0.213 e. The Morgan fingerprint density at radius 1 is 1.31 bits per heavy atom. The molecule has 1 aromatic heterocycles. The van der Waals surface area contributed by atoms with E-state index >= 15 is 0 Å². The van der Waals surface area contributed by atoms with Gasteiger partial charge in [-0.05, 0) is 31.4 Å². The molecule has 0 saturated heterocycles. The third-order valence-electron chi connectivity index (χ3n) is 2.67. The van der Waals surface area contributed by atoms with Crippen LogP contribution < -0.4 is 10.1 Å². The third kappa shape index (κ3) is 4.19. The monoisotopic (exact) mass is 222 g/mol. The van der Waals surface area contributed by atoms with Crippen molar-refractivity contribution in [1.82, 2.24) is 10.3 Å². The van der Waals surface area contributed by atoms with Crippen LogP contribution in [-0.4, -0.2) is 17.6 Å². The van der Waals surface area contributed by atoms with E-state index in [9.17, 15) is 0 Å². The summed E-state index contributed by atoms with van der Waals surface area (Å²) in [6, 6.07) is 4.63. The van der Waals surface area contributed by atoms with Crippen LogP contribution in [0.5, 0.6) is 5.88 Å². The Balaban J connectivity index is 2.49. The molecule has 0 aliphatic heterocycles. The molecule has 0 saturated carbocycles. The number of hydrogen-bond donors (Lipinski definition) is 1. The van der Waals surface area contributed by atoms with Crippen LogP contribution in [0.4, 0.5) is 0 Å². The molecule has 16 heavy (non-hydrogen) atoms. The van der Waals surface area contributed by atoms with Crippen molar-refractivity contribution in [3.05, 3.63) is 23.9 Å². The highest BCUT2D eigenvalue weighted by molar-refractivity contribution is 5.20. The van der Waals surface area contributed by atoms with Crippen molar-refractivity contribution >= 4 is 0 Å². The minimum Gasteiger partial charge on any atom is -0.478 e. The first-order valence-electron chi connectivity index (χ1n) is 6.11. The number of rotatable bonds is 7. The normalized spacial score (nSPS) is 10.8. The van der Waals surface area contributed by atoms with Gasteiger partial charge in [0.15, 0.2) is 0 Å². The second-order valence-corrected chi connectivity index (χ2v) is 3.83. The molecular weight excluding hydrogens is 200 g/mol. The largest absolute Gasteiger partial charge is 0.478 e. The van der Waals surface area contributed by atoms with Crippen LogP contribution in [0.25, 0.3) is 0 Å². The zero-order valence-corrected chi connectivity index (χ0v) is 10.5. The van der Waals surface area contributed by atoms with Gasteiger partial charge in [-0.2, -0.15) is 0 Å². The molecule has 1 rings (SSSR count). The van der Waals surface area contributed by atoms with E-state index in [1.807, 2.05) is 19.1 Å². The van der Waals surface area contributed by atoms with Gasteiger partial charge < -0.3 is 10.1 Å². The van der Waals surface area contributed by atoms with Crippen molar-refractivity contribution < 1.29 is 4.74 Å². The van der Waals surface area contributed by atoms with Crippen LogP contribution in [0.1, 0.15) is 39.2 Å². The molecule has 0 radical (unpaired) electrons. The summed E-state index contributed by atoms with van der Waals surface area (Å²) >= 11 is 0. The maximum Gasteiger partial charge on any atom is 0.213 e. The van der Waals surface area contributed by atoms with Gasteiger partial charge in [0.2, 0.25) is 5.88 Å². The lowest BCUT2D eigenvalue weighted by Crippen LogP contribution is -2.26. The zero-order chi connectivity index (χ0) is 11.8. The highest BCUT2D eigenvalue weighted by atomic mass is 16.5. The van der Waals surface area contributed by atoms with E-state index in [-0.39, 0.29) is 0 Å². The molecule has 90 valence electrons. The summed E-state index contributed by atoms with van der Waals surface area (Å²) in [5, 5.41) is 3.52. The highest BCUT2D eigenvalue weighted by Gasteiger charge is 2.03. The topological polar surface area (TPSA) is 34.1 Å². The summed E-state index contributed by atoms with van der Waals surface area (Å²) in [4.78, 5) is 4.15. The molecule has 1 heterocycles. The summed E-state index contributed by atoms with van der Waals surface area (Å²) in [6.07, 6.45) is 4.13. The summed E-state index contributed by atoms with van der Waals surface area (Å²) in [6.45, 7) is 7.93. The van der Waals surface area contributed by atoms with E-state index in [2.05, 4.69) is 24.1 Å². The Labute approximate surface area is 98.2 Å². The third-order valence-corrected chi connectivity index (χ3v) is 2.67. The molecule has 3 nitrogen and oxygen atoms in total. The Hall–Kier alpha value is -1.09. The van der Waals surface area contributed by atoms with Gasteiger partial charge in [0.1, 0.15) is 0 Å². The molecule has 0 aliphatic carbocycles. The summed E-state index contributed by atoms with van der Waals surface area (Å²) in [7, 11) is 0. The Kier molecular flexibility index (Phi) is 5.86. The van der Waals surface area contributed by atoms with E-state index in [1.54, 1.807) is 6.20 Å².